The molecule has 0 radical (unpaired) electrons. The third-order valence-corrected chi connectivity index (χ3v) is 3.30. The summed E-state index contributed by atoms with van der Waals surface area (Å²) in [6.45, 7) is 1.87. The highest BCUT2D eigenvalue weighted by Gasteiger charge is 2.12. The van der Waals surface area contributed by atoms with Crippen LogP contribution in [0.4, 0.5) is 0 Å². The average Bonchev–Trinajstić information content (AvgIpc) is 2.75. The minimum absolute atomic E-state index is 0.163. The van der Waals surface area contributed by atoms with Gasteiger partial charge < -0.3 is 0 Å². The summed E-state index contributed by atoms with van der Waals surface area (Å²) in [5, 5.41) is 13.6. The molecule has 18 heavy (non-hydrogen) atoms. The maximum Gasteiger partial charge on any atom is 0.253 e. The molecule has 5 heteroatoms. The van der Waals surface area contributed by atoms with E-state index in [9.17, 15) is 10.1 Å². The number of rotatable bonds is 4. The zero-order valence-electron chi connectivity index (χ0n) is 9.87. The highest BCUT2D eigenvalue weighted by atomic mass is 32.1. The predicted molar refractivity (Wildman–Crippen MR) is 72.0 cm³/mol. The van der Waals surface area contributed by atoms with Gasteiger partial charge in [0, 0.05) is 17.2 Å². The third kappa shape index (κ3) is 3.24. The molecule has 0 bridgehead atoms. The van der Waals surface area contributed by atoms with Crippen molar-refractivity contribution in [3.8, 4) is 0 Å². The number of nitro groups is 1. The summed E-state index contributed by atoms with van der Waals surface area (Å²) in [6, 6.07) is 9.40. The Balaban J connectivity index is 2.24. The van der Waals surface area contributed by atoms with Crippen molar-refractivity contribution in [1.29, 1.82) is 0 Å². The fourth-order valence-corrected chi connectivity index (χ4v) is 2.30. The van der Waals surface area contributed by atoms with Crippen LogP contribution < -0.4 is 0 Å². The summed E-state index contributed by atoms with van der Waals surface area (Å²) in [6.07, 6.45) is 1.86. The third-order valence-electron chi connectivity index (χ3n) is 2.39. The lowest BCUT2D eigenvalue weighted by Crippen LogP contribution is -2.02. The van der Waals surface area contributed by atoms with Crippen molar-refractivity contribution in [2.75, 3.05) is 0 Å². The van der Waals surface area contributed by atoms with Crippen molar-refractivity contribution in [2.24, 2.45) is 0 Å². The highest BCUT2D eigenvalue weighted by Crippen LogP contribution is 2.16. The molecule has 0 aliphatic rings. The minimum Gasteiger partial charge on any atom is -0.259 e. The van der Waals surface area contributed by atoms with Crippen LogP contribution in [0.1, 0.15) is 16.3 Å². The zero-order valence-corrected chi connectivity index (χ0v) is 10.7. The van der Waals surface area contributed by atoms with Crippen molar-refractivity contribution < 1.29 is 4.92 Å². The van der Waals surface area contributed by atoms with Crippen LogP contribution in [-0.2, 0) is 6.42 Å². The molecule has 0 spiro atoms. The smallest absolute Gasteiger partial charge is 0.253 e. The van der Waals surface area contributed by atoms with Crippen LogP contribution in [0.3, 0.4) is 0 Å². The number of aryl methyl sites for hydroxylation is 1. The van der Waals surface area contributed by atoms with E-state index >= 15 is 0 Å². The Bertz CT molecular complexity index is 576. The fraction of sp³-hybridized carbons (Fsp3) is 0.154. The van der Waals surface area contributed by atoms with E-state index in [1.807, 2.05) is 42.6 Å². The Hall–Kier alpha value is -2.01. The Morgan fingerprint density at radius 3 is 2.72 bits per heavy atom. The average molecular weight is 260 g/mol. The van der Waals surface area contributed by atoms with Gasteiger partial charge in [-0.15, -0.1) is 11.3 Å². The van der Waals surface area contributed by atoms with E-state index in [0.717, 1.165) is 11.3 Å². The van der Waals surface area contributed by atoms with Crippen LogP contribution in [0.25, 0.3) is 6.08 Å². The van der Waals surface area contributed by atoms with Crippen molar-refractivity contribution >= 4 is 17.4 Å². The second-order valence-electron chi connectivity index (χ2n) is 3.88. The topological polar surface area (TPSA) is 56.0 Å². The molecule has 0 amide bonds. The molecule has 92 valence electrons. The predicted octanol–water partition coefficient (Wildman–Crippen LogP) is 3.31. The molecule has 1 aromatic carbocycles. The van der Waals surface area contributed by atoms with Crippen LogP contribution in [-0.4, -0.2) is 9.91 Å². The van der Waals surface area contributed by atoms with Gasteiger partial charge in [0.05, 0.1) is 11.3 Å². The molecule has 0 saturated heterocycles. The largest absolute Gasteiger partial charge is 0.259 e. The quantitative estimate of drug-likeness (QED) is 0.626. The Morgan fingerprint density at radius 2 is 2.17 bits per heavy atom. The normalized spacial score (nSPS) is 11.5. The molecule has 4 nitrogen and oxygen atoms in total. The van der Waals surface area contributed by atoms with Crippen LogP contribution in [0.15, 0.2) is 41.4 Å². The first kappa shape index (κ1) is 12.4. The van der Waals surface area contributed by atoms with Gasteiger partial charge in [-0.25, -0.2) is 4.98 Å². The maximum absolute atomic E-state index is 11.0. The molecule has 1 aromatic heterocycles. The monoisotopic (exact) mass is 260 g/mol. The van der Waals surface area contributed by atoms with Crippen molar-refractivity contribution in [1.82, 2.24) is 4.98 Å². The molecule has 2 aromatic rings. The molecular weight excluding hydrogens is 248 g/mol. The molecular formula is C13H12N2O2S. The first-order chi connectivity index (χ1) is 8.65. The number of nitrogens with zero attached hydrogens (tertiary/aromatic N) is 2. The summed E-state index contributed by atoms with van der Waals surface area (Å²) in [4.78, 5) is 14.9. The maximum atomic E-state index is 11.0. The molecule has 0 aliphatic carbocycles. The van der Waals surface area contributed by atoms with Gasteiger partial charge in [0.15, 0.2) is 0 Å². The molecule has 2 rings (SSSR count). The SMILES string of the molecule is Cc1csc(/C=C(/Cc2ccccc2)[N+](=O)[O-])n1. The van der Waals surface area contributed by atoms with Gasteiger partial charge in [0.1, 0.15) is 5.01 Å². The van der Waals surface area contributed by atoms with Gasteiger partial charge in [0.25, 0.3) is 5.70 Å². The molecule has 0 N–H and O–H groups in total. The Morgan fingerprint density at radius 1 is 1.44 bits per heavy atom. The lowest BCUT2D eigenvalue weighted by atomic mass is 10.1. The standard InChI is InChI=1S/C13H12N2O2S/c1-10-9-18-13(14-10)8-12(15(16)17)7-11-5-3-2-4-6-11/h2-6,8-9H,7H2,1H3/b12-8-. The van der Waals surface area contributed by atoms with Crippen molar-refractivity contribution in [2.45, 2.75) is 13.3 Å². The number of thiazole rings is 1. The highest BCUT2D eigenvalue weighted by molar-refractivity contribution is 7.10. The van der Waals surface area contributed by atoms with E-state index in [1.165, 1.54) is 11.3 Å². The molecule has 1 heterocycles. The summed E-state index contributed by atoms with van der Waals surface area (Å²) < 4.78 is 0. The van der Waals surface area contributed by atoms with Gasteiger partial charge in [-0.1, -0.05) is 30.3 Å². The number of allylic oxidation sites excluding steroid dienone is 1. The van der Waals surface area contributed by atoms with Gasteiger partial charge in [-0.05, 0) is 12.5 Å². The van der Waals surface area contributed by atoms with E-state index in [0.29, 0.717) is 11.4 Å². The van der Waals surface area contributed by atoms with E-state index < -0.39 is 0 Å². The van der Waals surface area contributed by atoms with E-state index in [4.69, 9.17) is 0 Å². The number of hydrogen-bond acceptors (Lipinski definition) is 4. The molecule has 0 aliphatic heterocycles. The van der Waals surface area contributed by atoms with Crippen LogP contribution in [0.2, 0.25) is 0 Å². The van der Waals surface area contributed by atoms with Crippen LogP contribution in [0, 0.1) is 17.0 Å². The summed E-state index contributed by atoms with van der Waals surface area (Å²) in [5.41, 5.74) is 1.97. The molecule has 0 saturated carbocycles. The van der Waals surface area contributed by atoms with Crippen molar-refractivity contribution in [3.63, 3.8) is 0 Å². The number of benzene rings is 1. The van der Waals surface area contributed by atoms with Crippen molar-refractivity contribution in [3.05, 3.63) is 67.8 Å². The number of aromatic nitrogens is 1. The van der Waals surface area contributed by atoms with Gasteiger partial charge in [-0.2, -0.15) is 0 Å². The fourth-order valence-electron chi connectivity index (χ4n) is 1.55. The lowest BCUT2D eigenvalue weighted by molar-refractivity contribution is -0.425. The second kappa shape index (κ2) is 5.55. The van der Waals surface area contributed by atoms with E-state index in [1.54, 1.807) is 6.08 Å². The summed E-state index contributed by atoms with van der Waals surface area (Å²) in [7, 11) is 0. The Kier molecular flexibility index (Phi) is 3.84. The zero-order chi connectivity index (χ0) is 13.0. The minimum atomic E-state index is -0.344. The number of hydrogen-bond donors (Lipinski definition) is 0. The lowest BCUT2D eigenvalue weighted by Gasteiger charge is -1.98. The van der Waals surface area contributed by atoms with Crippen LogP contribution in [0.5, 0.6) is 0 Å². The van der Waals surface area contributed by atoms with E-state index in [2.05, 4.69) is 4.98 Å². The van der Waals surface area contributed by atoms with Gasteiger partial charge >= 0.3 is 0 Å². The second-order valence-corrected chi connectivity index (χ2v) is 4.77. The molecule has 0 fully saturated rings. The summed E-state index contributed by atoms with van der Waals surface area (Å²) in [5.74, 6) is 0. The van der Waals surface area contributed by atoms with Gasteiger partial charge in [-0.3, -0.25) is 10.1 Å². The molecule has 0 unspecified atom stereocenters. The van der Waals surface area contributed by atoms with Gasteiger partial charge in [0.2, 0.25) is 0 Å². The van der Waals surface area contributed by atoms with E-state index in [-0.39, 0.29) is 10.6 Å². The summed E-state index contributed by atoms with van der Waals surface area (Å²) >= 11 is 1.41. The Labute approximate surface area is 109 Å². The first-order valence-corrected chi connectivity index (χ1v) is 6.34. The first-order valence-electron chi connectivity index (χ1n) is 5.46. The van der Waals surface area contributed by atoms with Crippen LogP contribution >= 0.6 is 11.3 Å². The molecule has 0 atom stereocenters.